The van der Waals surface area contributed by atoms with Crippen LogP contribution in [0.25, 0.3) is 89.5 Å². The number of nitrogens with zero attached hydrogens (tertiary/aromatic N) is 4. The van der Waals surface area contributed by atoms with Crippen LogP contribution >= 0.6 is 0 Å². The molecular formula is C77H62F2Ir4N4O2-4. The van der Waals surface area contributed by atoms with Crippen molar-refractivity contribution in [2.45, 2.75) is 41.5 Å². The number of carbonyl (C=O) groups is 1. The van der Waals surface area contributed by atoms with E-state index in [1.165, 1.54) is 60.9 Å². The summed E-state index contributed by atoms with van der Waals surface area (Å²) in [5.74, 6) is -0.585. The summed E-state index contributed by atoms with van der Waals surface area (Å²) in [7, 11) is 0. The van der Waals surface area contributed by atoms with Crippen molar-refractivity contribution in [3.05, 3.63) is 325 Å². The van der Waals surface area contributed by atoms with Gasteiger partial charge in [-0.05, 0) is 141 Å². The van der Waals surface area contributed by atoms with Crippen molar-refractivity contribution >= 4 is 5.78 Å². The number of aliphatic hydroxyl groups excluding tert-OH is 1. The zero-order valence-electron chi connectivity index (χ0n) is 57.9. The summed E-state index contributed by atoms with van der Waals surface area (Å²) in [5.41, 5.74) is 16.6. The maximum Gasteiger partial charge on any atom is 0.155 e. The van der Waals surface area contributed by atoms with Crippen molar-refractivity contribution in [1.82, 2.24) is 19.9 Å². The summed E-state index contributed by atoms with van der Waals surface area (Å²) >= 11 is 0. The molecule has 8 aromatic carbocycles. The molecule has 0 saturated carbocycles. The van der Waals surface area contributed by atoms with Gasteiger partial charge in [0.1, 0.15) is 11.6 Å². The molecule has 0 unspecified atom stereocenters. The monoisotopic (exact) mass is 1890 g/mol. The van der Waals surface area contributed by atoms with Gasteiger partial charge in [-0.3, -0.25) is 4.79 Å². The standard InChI is InChI=1S/2C18H13FN.2C18H14N.C5H8O2.4Ir/c1-13-11-16(19)8-9-17(13)15-7-10-18(20-12-15)14-5-3-2-4-6-14;1-13-11-18(15-5-3-2-4-6-15)20-12-17(13)14-7-9-16(19)10-8-14;2*1-14-12-18(16-10-6-3-7-11-16)19-13-17(14)15-8-4-2-5-9-15;1-4(6)3-5(2)7;;;;/h2*2-5,7-12H,1H3;2*2-10,12-13H,1H3;3,6H,1-2H3;;;;/q4*-1;;;;;/i;2D,3D,4D,5D;2D,4D,5D,8D,9D;;;;;;. The summed E-state index contributed by atoms with van der Waals surface area (Å²) in [6, 6.07) is 63.6. The van der Waals surface area contributed by atoms with Crippen LogP contribution in [0.15, 0.2) is 267 Å². The Kier molecular flexibility index (Phi) is 25.5. The number of aliphatic hydroxyl groups is 1. The number of ketones is 1. The van der Waals surface area contributed by atoms with E-state index in [0.717, 1.165) is 72.7 Å². The average molecular weight is 1890 g/mol. The van der Waals surface area contributed by atoms with Crippen LogP contribution in [0, 0.1) is 63.6 Å². The largest absolute Gasteiger partial charge is 0.512 e. The van der Waals surface area contributed by atoms with Crippen molar-refractivity contribution < 1.29 is 111 Å². The van der Waals surface area contributed by atoms with E-state index in [9.17, 15) is 13.6 Å². The Bertz CT molecular complexity index is 4640. The van der Waals surface area contributed by atoms with Crippen LogP contribution in [0.1, 0.15) is 48.4 Å². The van der Waals surface area contributed by atoms with Crippen LogP contribution in [0.5, 0.6) is 0 Å². The molecular weight excluding hydrogens is 1820 g/mol. The molecule has 12 heteroatoms. The van der Waals surface area contributed by atoms with E-state index in [1.54, 1.807) is 42.7 Å². The smallest absolute Gasteiger partial charge is 0.155 e. The molecule has 12 aromatic rings. The van der Waals surface area contributed by atoms with E-state index in [0.29, 0.717) is 11.3 Å². The third kappa shape index (κ3) is 22.2. The van der Waals surface area contributed by atoms with Gasteiger partial charge in [-0.2, -0.15) is 0 Å². The van der Waals surface area contributed by atoms with Gasteiger partial charge >= 0.3 is 0 Å². The van der Waals surface area contributed by atoms with Crippen LogP contribution < -0.4 is 0 Å². The van der Waals surface area contributed by atoms with E-state index < -0.39 is 6.04 Å². The van der Waals surface area contributed by atoms with Gasteiger partial charge in [-0.15, -0.1) is 143 Å². The fraction of sp³-hybridized carbons (Fsp3) is 0.0779. The first-order chi connectivity index (χ1) is 45.0. The van der Waals surface area contributed by atoms with Gasteiger partial charge in [-0.1, -0.05) is 109 Å². The Morgan fingerprint density at radius 3 is 1.28 bits per heavy atom. The van der Waals surface area contributed by atoms with Crippen LogP contribution in [0.4, 0.5) is 8.78 Å². The molecule has 4 heterocycles. The Morgan fingerprint density at radius 2 is 0.843 bits per heavy atom. The van der Waals surface area contributed by atoms with E-state index in [1.807, 2.05) is 136 Å². The van der Waals surface area contributed by atoms with Crippen molar-refractivity contribution in [2.75, 3.05) is 0 Å². The number of hydrogen-bond acceptors (Lipinski definition) is 6. The number of rotatable bonds is 9. The SMILES string of the molecule is CC(=O)C=C(C)O.Cc1cc(-c2[c-]cccc2)ncc1-c1ccccc1.Cc1cc(F)ccc1-c1ccc(-c2[c-]cccc2)nc1.[2H]c1[c-]c(-c2cc(C)c(-c3ccc(F)cc3)cn2)c([2H])c([2H])c1[2H].[2H]c1c([2H])c([2H])c(-c2cnc(-c3[c-]cccc3)cc2C)c([2H])c1[2H].[Ir].[Ir].[Ir].[Ir]. The number of carbonyl (C=O) groups excluding carboxylic acids is 1. The molecule has 0 atom stereocenters. The second kappa shape index (κ2) is 37.8. The van der Waals surface area contributed by atoms with Crippen LogP contribution in [0.2, 0.25) is 0 Å². The fourth-order valence-electron chi connectivity index (χ4n) is 8.59. The predicted molar refractivity (Wildman–Crippen MR) is 342 cm³/mol. The number of hydrogen-bond donors (Lipinski definition) is 1. The zero-order valence-corrected chi connectivity index (χ0v) is 58.4. The van der Waals surface area contributed by atoms with Crippen molar-refractivity contribution in [3.63, 3.8) is 0 Å². The van der Waals surface area contributed by atoms with E-state index in [2.05, 4.69) is 69.3 Å². The van der Waals surface area contributed by atoms with Crippen LogP contribution in [-0.4, -0.2) is 30.8 Å². The molecule has 0 fully saturated rings. The second-order valence-electron chi connectivity index (χ2n) is 19.1. The average Bonchev–Trinajstić information content (AvgIpc) is 0.787. The first kappa shape index (κ1) is 60.0. The number of halogens is 2. The molecule has 4 radical (unpaired) electrons. The quantitative estimate of drug-likeness (QED) is 0.0880. The van der Waals surface area contributed by atoms with Crippen molar-refractivity contribution in [3.8, 4) is 89.5 Å². The molecule has 0 saturated heterocycles. The summed E-state index contributed by atoms with van der Waals surface area (Å²) < 4.78 is 96.6. The molecule has 0 aliphatic heterocycles. The third-order valence-electron chi connectivity index (χ3n) is 12.7. The normalized spacial score (nSPS) is 11.5. The Morgan fingerprint density at radius 1 is 0.416 bits per heavy atom. The predicted octanol–water partition coefficient (Wildman–Crippen LogP) is 19.4. The Balaban J connectivity index is 0.000000266. The summed E-state index contributed by atoms with van der Waals surface area (Å²) in [6.07, 6.45) is 8.10. The molecule has 0 amide bonds. The van der Waals surface area contributed by atoms with Gasteiger partial charge in [-0.25, -0.2) is 8.78 Å². The van der Waals surface area contributed by atoms with Crippen molar-refractivity contribution in [1.29, 1.82) is 0 Å². The molecule has 0 bridgehead atoms. The first-order valence-corrected chi connectivity index (χ1v) is 26.8. The summed E-state index contributed by atoms with van der Waals surface area (Å²) in [4.78, 5) is 27.7. The molecule has 456 valence electrons. The van der Waals surface area contributed by atoms with Gasteiger partial charge in [0.15, 0.2) is 5.78 Å². The molecule has 0 aliphatic carbocycles. The van der Waals surface area contributed by atoms with Crippen LogP contribution in [0.3, 0.4) is 0 Å². The maximum atomic E-state index is 13.1. The number of benzene rings is 8. The van der Waals surface area contributed by atoms with Gasteiger partial charge in [0.05, 0.1) is 12.6 Å². The van der Waals surface area contributed by atoms with E-state index in [-0.39, 0.29) is 163 Å². The van der Waals surface area contributed by atoms with Gasteiger partial charge < -0.3 is 25.0 Å². The minimum absolute atomic E-state index is 0. The molecule has 6 nitrogen and oxygen atoms in total. The fourth-order valence-corrected chi connectivity index (χ4v) is 8.59. The third-order valence-corrected chi connectivity index (χ3v) is 12.7. The number of allylic oxidation sites excluding steroid dienone is 2. The molecule has 89 heavy (non-hydrogen) atoms. The molecule has 0 aliphatic rings. The minimum Gasteiger partial charge on any atom is -0.512 e. The van der Waals surface area contributed by atoms with Gasteiger partial charge in [0.2, 0.25) is 0 Å². The number of pyridine rings is 4. The molecule has 0 spiro atoms. The number of aryl methyl sites for hydroxylation is 4. The molecule has 12 rings (SSSR count). The van der Waals surface area contributed by atoms with Crippen LogP contribution in [-0.2, 0) is 85.2 Å². The van der Waals surface area contributed by atoms with E-state index >= 15 is 0 Å². The zero-order chi connectivity index (χ0) is 67.8. The van der Waals surface area contributed by atoms with Gasteiger partial charge in [0.25, 0.3) is 0 Å². The topological polar surface area (TPSA) is 88.9 Å². The molecule has 4 aromatic heterocycles. The van der Waals surface area contributed by atoms with E-state index in [4.69, 9.17) is 17.4 Å². The first-order valence-electron chi connectivity index (χ1n) is 31.3. The molecule has 1 N–H and O–H groups in total. The summed E-state index contributed by atoms with van der Waals surface area (Å²) in [6.45, 7) is 10.6. The second-order valence-corrected chi connectivity index (χ2v) is 19.1. The van der Waals surface area contributed by atoms with Crippen molar-refractivity contribution in [2.24, 2.45) is 0 Å². The Hall–Kier alpha value is -7.97. The summed E-state index contributed by atoms with van der Waals surface area (Å²) in [5, 5.41) is 8.36. The number of aromatic nitrogens is 4. The Labute approximate surface area is 588 Å². The maximum absolute atomic E-state index is 13.1. The minimum atomic E-state index is -0.394. The van der Waals surface area contributed by atoms with Gasteiger partial charge in [0, 0.05) is 131 Å².